The van der Waals surface area contributed by atoms with Gasteiger partial charge >= 0.3 is 0 Å². The van der Waals surface area contributed by atoms with Crippen molar-refractivity contribution < 1.29 is 14.3 Å². The fourth-order valence-corrected chi connectivity index (χ4v) is 3.79. The van der Waals surface area contributed by atoms with Gasteiger partial charge in [-0.3, -0.25) is 19.8 Å². The molecule has 0 saturated carbocycles. The normalized spacial score (nSPS) is 21.3. The highest BCUT2D eigenvalue weighted by Crippen LogP contribution is 2.45. The van der Waals surface area contributed by atoms with E-state index in [9.17, 15) is 9.59 Å². The lowest BCUT2D eigenvalue weighted by atomic mass is 9.77. The second-order valence-corrected chi connectivity index (χ2v) is 6.21. The van der Waals surface area contributed by atoms with Crippen LogP contribution in [0.25, 0.3) is 0 Å². The summed E-state index contributed by atoms with van der Waals surface area (Å²) >= 11 is 0. The lowest BCUT2D eigenvalue weighted by molar-refractivity contribution is -0.116. The number of fused-ring (bicyclic) bond motifs is 2. The highest BCUT2D eigenvalue weighted by Gasteiger charge is 2.38. The number of carbonyl (C=O) groups excluding carboxylic acids is 1. The number of aromatic nitrogens is 2. The second-order valence-electron chi connectivity index (χ2n) is 6.21. The largest absolute Gasteiger partial charge is 0.454 e. The molecule has 2 aliphatic heterocycles. The molecule has 0 radical (unpaired) electrons. The number of anilines is 1. The fourth-order valence-electron chi connectivity index (χ4n) is 3.79. The summed E-state index contributed by atoms with van der Waals surface area (Å²) in [5.41, 5.74) is 2.78. The number of nitrogens with one attached hydrogen (secondary N) is 3. The van der Waals surface area contributed by atoms with E-state index >= 15 is 0 Å². The molecule has 122 valence electrons. The smallest absolute Gasteiger partial charge is 0.270 e. The van der Waals surface area contributed by atoms with Crippen LogP contribution in [-0.2, 0) is 4.79 Å². The molecular formula is C17H15N3O4. The first-order chi connectivity index (χ1) is 11.7. The fraction of sp³-hybridized carbons (Fsp3) is 0.294. The van der Waals surface area contributed by atoms with Crippen LogP contribution in [0.2, 0.25) is 0 Å². The maximum atomic E-state index is 12.6. The molecule has 0 saturated heterocycles. The Kier molecular flexibility index (Phi) is 2.68. The van der Waals surface area contributed by atoms with Crippen LogP contribution in [0, 0.1) is 0 Å². The van der Waals surface area contributed by atoms with E-state index in [2.05, 4.69) is 15.5 Å². The Balaban J connectivity index is 1.74. The van der Waals surface area contributed by atoms with Gasteiger partial charge in [-0.2, -0.15) is 0 Å². The average molecular weight is 325 g/mol. The number of benzene rings is 1. The molecule has 7 nitrogen and oxygen atoms in total. The van der Waals surface area contributed by atoms with E-state index in [1.165, 1.54) is 0 Å². The zero-order chi connectivity index (χ0) is 16.3. The maximum absolute atomic E-state index is 12.6. The zero-order valence-corrected chi connectivity index (χ0v) is 12.8. The van der Waals surface area contributed by atoms with Gasteiger partial charge < -0.3 is 14.8 Å². The van der Waals surface area contributed by atoms with Crippen LogP contribution in [-0.4, -0.2) is 22.8 Å². The minimum atomic E-state index is -0.395. The summed E-state index contributed by atoms with van der Waals surface area (Å²) < 4.78 is 10.8. The van der Waals surface area contributed by atoms with Crippen molar-refractivity contribution in [2.75, 3.05) is 12.1 Å². The Morgan fingerprint density at radius 1 is 1.04 bits per heavy atom. The number of H-pyrrole nitrogens is 2. The van der Waals surface area contributed by atoms with Crippen molar-refractivity contribution >= 4 is 11.6 Å². The first-order valence-electron chi connectivity index (χ1n) is 7.96. The average Bonchev–Trinajstić information content (AvgIpc) is 3.19. The van der Waals surface area contributed by atoms with Crippen LogP contribution in [0.1, 0.15) is 36.3 Å². The van der Waals surface area contributed by atoms with Gasteiger partial charge in [-0.15, -0.1) is 0 Å². The Hall–Kier alpha value is -2.96. The molecule has 0 amide bonds. The predicted octanol–water partition coefficient (Wildman–Crippen LogP) is 2.00. The van der Waals surface area contributed by atoms with Gasteiger partial charge in [0.15, 0.2) is 17.3 Å². The molecule has 0 fully saturated rings. The Morgan fingerprint density at radius 2 is 1.92 bits per heavy atom. The van der Waals surface area contributed by atoms with E-state index in [0.717, 1.165) is 24.1 Å². The summed E-state index contributed by atoms with van der Waals surface area (Å²) in [5.74, 6) is 1.66. The molecule has 1 aromatic carbocycles. The van der Waals surface area contributed by atoms with E-state index in [1.54, 1.807) is 0 Å². The monoisotopic (exact) mass is 325 g/mol. The van der Waals surface area contributed by atoms with E-state index < -0.39 is 5.92 Å². The zero-order valence-electron chi connectivity index (χ0n) is 12.8. The van der Waals surface area contributed by atoms with Crippen molar-refractivity contribution in [2.24, 2.45) is 0 Å². The maximum Gasteiger partial charge on any atom is 0.270 e. The van der Waals surface area contributed by atoms with Gasteiger partial charge in [0.05, 0.1) is 5.56 Å². The van der Waals surface area contributed by atoms with Crippen LogP contribution < -0.4 is 20.3 Å². The molecule has 3 aliphatic rings. The molecule has 5 rings (SSSR count). The highest BCUT2D eigenvalue weighted by atomic mass is 16.7. The third kappa shape index (κ3) is 1.78. The molecule has 24 heavy (non-hydrogen) atoms. The molecule has 1 unspecified atom stereocenters. The van der Waals surface area contributed by atoms with Crippen molar-refractivity contribution in [3.05, 3.63) is 50.9 Å². The van der Waals surface area contributed by atoms with Crippen molar-refractivity contribution in [3.8, 4) is 11.5 Å². The molecule has 7 heteroatoms. The minimum absolute atomic E-state index is 0.0951. The molecule has 1 aliphatic carbocycles. The number of ketones is 1. The molecule has 0 spiro atoms. The van der Waals surface area contributed by atoms with Crippen molar-refractivity contribution in [1.29, 1.82) is 0 Å². The van der Waals surface area contributed by atoms with Gasteiger partial charge in [0.2, 0.25) is 6.79 Å². The van der Waals surface area contributed by atoms with Crippen molar-refractivity contribution in [1.82, 2.24) is 10.2 Å². The van der Waals surface area contributed by atoms with Gasteiger partial charge in [-0.25, -0.2) is 0 Å². The number of ether oxygens (including phenoxy) is 2. The number of hydrogen-bond acceptors (Lipinski definition) is 5. The number of Topliss-reactive ketones (excluding diaryl/α,β-unsaturated/α-hetero) is 1. The van der Waals surface area contributed by atoms with Crippen molar-refractivity contribution in [2.45, 2.75) is 25.2 Å². The predicted molar refractivity (Wildman–Crippen MR) is 85.3 cm³/mol. The molecule has 3 N–H and O–H groups in total. The number of carbonyl (C=O) groups is 1. The van der Waals surface area contributed by atoms with E-state index in [4.69, 9.17) is 9.47 Å². The van der Waals surface area contributed by atoms with E-state index in [1.807, 2.05) is 18.2 Å². The van der Waals surface area contributed by atoms with Crippen LogP contribution >= 0.6 is 0 Å². The molecule has 3 heterocycles. The minimum Gasteiger partial charge on any atom is -0.454 e. The number of allylic oxidation sites excluding steroid dienone is 2. The highest BCUT2D eigenvalue weighted by molar-refractivity contribution is 6.00. The lowest BCUT2D eigenvalue weighted by Crippen LogP contribution is -2.29. The van der Waals surface area contributed by atoms with Crippen LogP contribution in [0.5, 0.6) is 11.5 Å². The first-order valence-corrected chi connectivity index (χ1v) is 7.96. The van der Waals surface area contributed by atoms with Gasteiger partial charge in [0, 0.05) is 23.6 Å². The van der Waals surface area contributed by atoms with E-state index in [0.29, 0.717) is 34.9 Å². The summed E-state index contributed by atoms with van der Waals surface area (Å²) in [5, 5.41) is 8.71. The lowest BCUT2D eigenvalue weighted by Gasteiger charge is -2.31. The molecular weight excluding hydrogens is 310 g/mol. The Morgan fingerprint density at radius 3 is 2.83 bits per heavy atom. The van der Waals surface area contributed by atoms with Crippen LogP contribution in [0.3, 0.4) is 0 Å². The third-order valence-electron chi connectivity index (χ3n) is 4.85. The topological polar surface area (TPSA) is 96.2 Å². The molecule has 0 bridgehead atoms. The standard InChI is InChI=1S/C17H15N3O4/c21-10-3-1-2-9-14(10)13(15-16(18-9)19-20-17(15)22)8-4-5-11-12(6-8)24-7-23-11/h4-6,13H,1-3,7H2,(H3,18,19,20,22). The Labute approximate surface area is 136 Å². The quantitative estimate of drug-likeness (QED) is 0.745. The molecule has 1 atom stereocenters. The summed E-state index contributed by atoms with van der Waals surface area (Å²) in [6.07, 6.45) is 2.14. The molecule has 2 aromatic rings. The van der Waals surface area contributed by atoms with Crippen molar-refractivity contribution in [3.63, 3.8) is 0 Å². The third-order valence-corrected chi connectivity index (χ3v) is 4.85. The summed E-state index contributed by atoms with van der Waals surface area (Å²) in [4.78, 5) is 25.0. The van der Waals surface area contributed by atoms with Gasteiger partial charge in [-0.05, 0) is 30.5 Å². The number of aromatic amines is 2. The number of rotatable bonds is 1. The summed E-state index contributed by atoms with van der Waals surface area (Å²) in [6.45, 7) is 0.188. The van der Waals surface area contributed by atoms with Gasteiger partial charge in [0.25, 0.3) is 5.56 Å². The van der Waals surface area contributed by atoms with Gasteiger partial charge in [0.1, 0.15) is 5.82 Å². The van der Waals surface area contributed by atoms with E-state index in [-0.39, 0.29) is 18.1 Å². The summed E-state index contributed by atoms with van der Waals surface area (Å²) in [7, 11) is 0. The SMILES string of the molecule is O=C1CCCC2=C1C(c1ccc3c(c1)OCO3)c1c([nH][nH]c1=O)N2. The summed E-state index contributed by atoms with van der Waals surface area (Å²) in [6, 6.07) is 5.58. The second kappa shape index (κ2) is 4.77. The number of hydrogen-bond donors (Lipinski definition) is 3. The Bertz CT molecular complexity index is 953. The molecule has 1 aromatic heterocycles. The first kappa shape index (κ1) is 13.5. The van der Waals surface area contributed by atoms with Crippen LogP contribution in [0.4, 0.5) is 5.82 Å². The van der Waals surface area contributed by atoms with Gasteiger partial charge in [-0.1, -0.05) is 6.07 Å². The van der Waals surface area contributed by atoms with Crippen LogP contribution in [0.15, 0.2) is 34.3 Å².